The number of aryl methyl sites for hydroxylation is 1. The summed E-state index contributed by atoms with van der Waals surface area (Å²) in [5.41, 5.74) is -0.600. The van der Waals surface area contributed by atoms with Crippen molar-refractivity contribution >= 4 is 11.6 Å². The quantitative estimate of drug-likeness (QED) is 0.778. The molecular weight excluding hydrogens is 272 g/mol. The minimum atomic E-state index is -4.54. The maximum atomic E-state index is 13.6. The van der Waals surface area contributed by atoms with E-state index < -0.39 is 17.7 Å². The van der Waals surface area contributed by atoms with Crippen LogP contribution in [-0.2, 0) is 6.18 Å². The summed E-state index contributed by atoms with van der Waals surface area (Å²) >= 11 is 5.70. The van der Waals surface area contributed by atoms with Crippen LogP contribution < -0.4 is 0 Å². The van der Waals surface area contributed by atoms with Gasteiger partial charge >= 0.3 is 6.18 Å². The van der Waals surface area contributed by atoms with Gasteiger partial charge in [0.1, 0.15) is 11.5 Å². The van der Waals surface area contributed by atoms with E-state index in [1.807, 2.05) is 5.10 Å². The molecule has 18 heavy (non-hydrogen) atoms. The van der Waals surface area contributed by atoms with Gasteiger partial charge in [0.25, 0.3) is 0 Å². The minimum absolute atomic E-state index is 0.0244. The number of benzene rings is 1. The molecule has 2 nitrogen and oxygen atoms in total. The first-order valence-corrected chi connectivity index (χ1v) is 5.25. The van der Waals surface area contributed by atoms with Gasteiger partial charge in [-0.1, -0.05) is 11.6 Å². The van der Waals surface area contributed by atoms with E-state index in [0.717, 1.165) is 12.1 Å². The van der Waals surface area contributed by atoms with Crippen molar-refractivity contribution in [2.75, 3.05) is 0 Å². The Morgan fingerprint density at radius 2 is 1.89 bits per heavy atom. The van der Waals surface area contributed by atoms with E-state index in [2.05, 4.69) is 5.10 Å². The molecule has 2 aromatic rings. The molecule has 0 saturated heterocycles. The first kappa shape index (κ1) is 12.9. The molecule has 0 unspecified atom stereocenters. The van der Waals surface area contributed by atoms with Crippen molar-refractivity contribution in [1.82, 2.24) is 10.2 Å². The minimum Gasteiger partial charge on any atom is -0.273 e. The Labute approximate surface area is 105 Å². The lowest BCUT2D eigenvalue weighted by Gasteiger charge is -2.03. The Hall–Kier alpha value is -1.56. The molecule has 0 spiro atoms. The summed E-state index contributed by atoms with van der Waals surface area (Å²) in [6, 6.07) is 3.16. The Morgan fingerprint density at radius 1 is 1.22 bits per heavy atom. The molecule has 0 radical (unpaired) electrons. The predicted molar refractivity (Wildman–Crippen MR) is 58.7 cm³/mol. The number of nitrogens with zero attached hydrogens (tertiary/aromatic N) is 1. The van der Waals surface area contributed by atoms with Crippen LogP contribution in [0.1, 0.15) is 11.3 Å². The van der Waals surface area contributed by atoms with Crippen molar-refractivity contribution in [2.24, 2.45) is 0 Å². The van der Waals surface area contributed by atoms with E-state index >= 15 is 0 Å². The molecule has 0 aliphatic heterocycles. The largest absolute Gasteiger partial charge is 0.432 e. The highest BCUT2D eigenvalue weighted by Crippen LogP contribution is 2.32. The molecule has 0 fully saturated rings. The molecule has 0 aliphatic carbocycles. The van der Waals surface area contributed by atoms with Gasteiger partial charge in [0.15, 0.2) is 0 Å². The summed E-state index contributed by atoms with van der Waals surface area (Å²) < 4.78 is 50.7. The van der Waals surface area contributed by atoms with Crippen LogP contribution >= 0.6 is 11.6 Å². The molecule has 1 aromatic carbocycles. The number of aromatic amines is 1. The Kier molecular flexibility index (Phi) is 3.06. The monoisotopic (exact) mass is 278 g/mol. The van der Waals surface area contributed by atoms with Gasteiger partial charge in [0.05, 0.1) is 5.69 Å². The molecule has 0 saturated carbocycles. The zero-order valence-electron chi connectivity index (χ0n) is 9.07. The van der Waals surface area contributed by atoms with Gasteiger partial charge in [-0.05, 0) is 30.7 Å². The molecule has 2 rings (SSSR count). The highest BCUT2D eigenvalue weighted by Gasteiger charge is 2.33. The molecule has 1 heterocycles. The smallest absolute Gasteiger partial charge is 0.273 e. The van der Waals surface area contributed by atoms with Crippen LogP contribution in [0.25, 0.3) is 11.3 Å². The zero-order chi connectivity index (χ0) is 13.5. The third-order valence-corrected chi connectivity index (χ3v) is 2.81. The third kappa shape index (κ3) is 2.33. The number of halogens is 5. The first-order valence-electron chi connectivity index (χ1n) is 4.87. The predicted octanol–water partition coefficient (Wildman–Crippen LogP) is 4.20. The number of H-pyrrole nitrogens is 1. The van der Waals surface area contributed by atoms with Crippen LogP contribution in [0.3, 0.4) is 0 Å². The normalized spacial score (nSPS) is 11.9. The number of hydrogen-bond acceptors (Lipinski definition) is 1. The van der Waals surface area contributed by atoms with E-state index in [0.29, 0.717) is 5.56 Å². The molecule has 96 valence electrons. The van der Waals surface area contributed by atoms with Crippen molar-refractivity contribution in [3.63, 3.8) is 0 Å². The summed E-state index contributed by atoms with van der Waals surface area (Å²) in [6.45, 7) is 1.63. The zero-order valence-corrected chi connectivity index (χ0v) is 9.83. The average Bonchev–Trinajstić information content (AvgIpc) is 2.72. The van der Waals surface area contributed by atoms with E-state index in [-0.39, 0.29) is 16.3 Å². The number of nitrogens with one attached hydrogen (secondary N) is 1. The van der Waals surface area contributed by atoms with Gasteiger partial charge in [0.2, 0.25) is 0 Å². The molecule has 7 heteroatoms. The molecule has 0 amide bonds. The Balaban J connectivity index is 2.50. The van der Waals surface area contributed by atoms with E-state index in [1.165, 1.54) is 6.07 Å². The third-order valence-electron chi connectivity index (χ3n) is 2.41. The second kappa shape index (κ2) is 4.28. The molecular formula is C11H7ClF4N2. The number of rotatable bonds is 1. The lowest BCUT2D eigenvalue weighted by Crippen LogP contribution is -2.04. The number of hydrogen-bond donors (Lipinski definition) is 1. The standard InChI is InChI=1S/C11H7ClF4N2/c1-5-2-6(8(13)3-7(5)12)9-4-10(18-17-9)11(14,15)16/h2-4H,1H3,(H,17,18). The van der Waals surface area contributed by atoms with E-state index in [1.54, 1.807) is 6.92 Å². The van der Waals surface area contributed by atoms with Crippen LogP contribution in [0.5, 0.6) is 0 Å². The number of alkyl halides is 3. The van der Waals surface area contributed by atoms with Crippen LogP contribution in [0.4, 0.5) is 17.6 Å². The van der Waals surface area contributed by atoms with Crippen molar-refractivity contribution in [2.45, 2.75) is 13.1 Å². The van der Waals surface area contributed by atoms with Crippen molar-refractivity contribution < 1.29 is 17.6 Å². The summed E-state index contributed by atoms with van der Waals surface area (Å²) in [4.78, 5) is 0. The van der Waals surface area contributed by atoms with Gasteiger partial charge in [0, 0.05) is 10.6 Å². The average molecular weight is 279 g/mol. The van der Waals surface area contributed by atoms with Gasteiger partial charge in [-0.25, -0.2) is 4.39 Å². The van der Waals surface area contributed by atoms with Gasteiger partial charge in [-0.15, -0.1) is 0 Å². The SMILES string of the molecule is Cc1cc(-c2cc(C(F)(F)F)[nH]n2)c(F)cc1Cl. The Morgan fingerprint density at radius 3 is 2.44 bits per heavy atom. The lowest BCUT2D eigenvalue weighted by atomic mass is 10.1. The molecule has 1 N–H and O–H groups in total. The summed E-state index contributed by atoms with van der Waals surface area (Å²) in [5, 5.41) is 5.50. The maximum absolute atomic E-state index is 13.6. The Bertz CT molecular complexity index is 589. The fourth-order valence-corrected chi connectivity index (χ4v) is 1.61. The van der Waals surface area contributed by atoms with Crippen molar-refractivity contribution in [3.8, 4) is 11.3 Å². The summed E-state index contributed by atoms with van der Waals surface area (Å²) in [7, 11) is 0. The second-order valence-electron chi connectivity index (χ2n) is 3.75. The molecule has 1 aromatic heterocycles. The first-order chi connectivity index (χ1) is 8.29. The van der Waals surface area contributed by atoms with Crippen molar-refractivity contribution in [1.29, 1.82) is 0 Å². The number of aromatic nitrogens is 2. The van der Waals surface area contributed by atoms with Crippen LogP contribution in [-0.4, -0.2) is 10.2 Å². The van der Waals surface area contributed by atoms with E-state index in [4.69, 9.17) is 11.6 Å². The topological polar surface area (TPSA) is 28.7 Å². The second-order valence-corrected chi connectivity index (χ2v) is 4.15. The highest BCUT2D eigenvalue weighted by molar-refractivity contribution is 6.31. The molecule has 0 atom stereocenters. The van der Waals surface area contributed by atoms with Gasteiger partial charge < -0.3 is 0 Å². The van der Waals surface area contributed by atoms with Gasteiger partial charge in [-0.2, -0.15) is 18.3 Å². The molecule has 0 aliphatic rings. The fourth-order valence-electron chi connectivity index (χ4n) is 1.46. The van der Waals surface area contributed by atoms with Gasteiger partial charge in [-0.3, -0.25) is 5.10 Å². The summed E-state index contributed by atoms with van der Waals surface area (Å²) in [6.07, 6.45) is -4.54. The van der Waals surface area contributed by atoms with Crippen LogP contribution in [0.2, 0.25) is 5.02 Å². The van der Waals surface area contributed by atoms with Crippen LogP contribution in [0.15, 0.2) is 18.2 Å². The highest BCUT2D eigenvalue weighted by atomic mass is 35.5. The fraction of sp³-hybridized carbons (Fsp3) is 0.182. The van der Waals surface area contributed by atoms with E-state index in [9.17, 15) is 17.6 Å². The van der Waals surface area contributed by atoms with Crippen LogP contribution in [0, 0.1) is 12.7 Å². The maximum Gasteiger partial charge on any atom is 0.432 e. The summed E-state index contributed by atoms with van der Waals surface area (Å²) in [5.74, 6) is -0.717. The van der Waals surface area contributed by atoms with Crippen molar-refractivity contribution in [3.05, 3.63) is 40.3 Å². The lowest BCUT2D eigenvalue weighted by molar-refractivity contribution is -0.141. The molecule has 0 bridgehead atoms.